The van der Waals surface area contributed by atoms with Gasteiger partial charge in [0.1, 0.15) is 5.41 Å². The summed E-state index contributed by atoms with van der Waals surface area (Å²) in [4.78, 5) is 0. The highest BCUT2D eigenvalue weighted by atomic mass is 19.4. The minimum absolute atomic E-state index is 0.0807. The van der Waals surface area contributed by atoms with E-state index in [1.165, 1.54) is 0 Å². The smallest absolute Gasteiger partial charge is 0.327 e. The first kappa shape index (κ1) is 23.7. The second-order valence-corrected chi connectivity index (χ2v) is 6.20. The van der Waals surface area contributed by atoms with Gasteiger partial charge in [-0.1, -0.05) is 45.4 Å². The summed E-state index contributed by atoms with van der Waals surface area (Å²) in [6.07, 6.45) is 0.915. The molecule has 0 saturated carbocycles. The molecule has 0 heterocycles. The molecule has 1 unspecified atom stereocenters. The van der Waals surface area contributed by atoms with E-state index in [2.05, 4.69) is 6.92 Å². The van der Waals surface area contributed by atoms with Crippen molar-refractivity contribution >= 4 is 0 Å². The van der Waals surface area contributed by atoms with Crippen LogP contribution in [0, 0.1) is 5.41 Å². The normalized spacial score (nSPS) is 15.5. The maximum atomic E-state index is 14.0. The SMILES string of the molecule is CCCCCCCCC(C)(C(F)(F)F)C(OCC)(OCC)OCC. The van der Waals surface area contributed by atoms with Gasteiger partial charge >= 0.3 is 6.18 Å². The first-order valence-electron chi connectivity index (χ1n) is 9.23. The maximum Gasteiger partial charge on any atom is 0.401 e. The number of alkyl halides is 3. The molecule has 0 aliphatic heterocycles. The molecule has 0 aliphatic carbocycles. The molecule has 146 valence electrons. The van der Waals surface area contributed by atoms with Gasteiger partial charge in [0.25, 0.3) is 5.97 Å². The van der Waals surface area contributed by atoms with E-state index in [-0.39, 0.29) is 26.2 Å². The van der Waals surface area contributed by atoms with E-state index >= 15 is 0 Å². The number of hydrogen-bond acceptors (Lipinski definition) is 3. The van der Waals surface area contributed by atoms with Gasteiger partial charge in [0.15, 0.2) is 0 Å². The third-order valence-electron chi connectivity index (χ3n) is 4.33. The molecule has 0 aromatic rings. The Morgan fingerprint density at radius 3 is 1.46 bits per heavy atom. The summed E-state index contributed by atoms with van der Waals surface area (Å²) in [5, 5.41) is 0. The zero-order valence-corrected chi connectivity index (χ0v) is 15.9. The molecule has 0 aromatic carbocycles. The number of rotatable bonds is 14. The molecule has 6 heteroatoms. The maximum absolute atomic E-state index is 14.0. The Balaban J connectivity index is 5.26. The fourth-order valence-corrected chi connectivity index (χ4v) is 2.90. The Bertz CT molecular complexity index is 304. The third kappa shape index (κ3) is 6.19. The van der Waals surface area contributed by atoms with Crippen molar-refractivity contribution < 1.29 is 27.4 Å². The van der Waals surface area contributed by atoms with E-state index in [4.69, 9.17) is 14.2 Å². The van der Waals surface area contributed by atoms with Crippen LogP contribution in [0.3, 0.4) is 0 Å². The molecule has 0 amide bonds. The van der Waals surface area contributed by atoms with Crippen LogP contribution in [-0.2, 0) is 14.2 Å². The van der Waals surface area contributed by atoms with Crippen LogP contribution in [0.15, 0.2) is 0 Å². The summed E-state index contributed by atoms with van der Waals surface area (Å²) in [6, 6.07) is 0. The van der Waals surface area contributed by atoms with Crippen molar-refractivity contribution in [1.82, 2.24) is 0 Å². The number of halogens is 3. The van der Waals surface area contributed by atoms with E-state index < -0.39 is 17.6 Å². The van der Waals surface area contributed by atoms with Crippen molar-refractivity contribution in [3.63, 3.8) is 0 Å². The molecule has 24 heavy (non-hydrogen) atoms. The van der Waals surface area contributed by atoms with Gasteiger partial charge in [0.2, 0.25) is 0 Å². The van der Waals surface area contributed by atoms with Crippen LogP contribution in [-0.4, -0.2) is 32.0 Å². The number of ether oxygens (including phenoxy) is 3. The minimum Gasteiger partial charge on any atom is -0.327 e. The molecule has 0 spiro atoms. The van der Waals surface area contributed by atoms with Gasteiger partial charge < -0.3 is 14.2 Å². The zero-order chi connectivity index (χ0) is 18.7. The second-order valence-electron chi connectivity index (χ2n) is 6.20. The predicted octanol–water partition coefficient (Wildman–Crippen LogP) is 6.07. The first-order chi connectivity index (χ1) is 11.2. The van der Waals surface area contributed by atoms with Crippen LogP contribution in [0.25, 0.3) is 0 Å². The van der Waals surface area contributed by atoms with Crippen LogP contribution in [0.2, 0.25) is 0 Å². The van der Waals surface area contributed by atoms with Gasteiger partial charge in [0.05, 0.1) is 0 Å². The van der Waals surface area contributed by atoms with Crippen LogP contribution < -0.4 is 0 Å². The average molecular weight is 356 g/mol. The molecule has 0 N–H and O–H groups in total. The summed E-state index contributed by atoms with van der Waals surface area (Å²) in [5.41, 5.74) is -2.22. The summed E-state index contributed by atoms with van der Waals surface area (Å²) >= 11 is 0. The lowest BCUT2D eigenvalue weighted by Crippen LogP contribution is -2.60. The number of unbranched alkanes of at least 4 members (excludes halogenated alkanes) is 5. The molecule has 3 nitrogen and oxygen atoms in total. The van der Waals surface area contributed by atoms with Gasteiger partial charge in [-0.15, -0.1) is 0 Å². The van der Waals surface area contributed by atoms with Crippen molar-refractivity contribution in [3.05, 3.63) is 0 Å². The molecular weight excluding hydrogens is 321 g/mol. The highest BCUT2D eigenvalue weighted by Crippen LogP contribution is 2.52. The minimum atomic E-state index is -4.49. The Labute approximate surface area is 145 Å². The first-order valence-corrected chi connectivity index (χ1v) is 9.23. The molecule has 1 atom stereocenters. The lowest BCUT2D eigenvalue weighted by atomic mass is 9.80. The van der Waals surface area contributed by atoms with Crippen LogP contribution in [0.4, 0.5) is 13.2 Å². The quantitative estimate of drug-likeness (QED) is 0.279. The van der Waals surface area contributed by atoms with E-state index in [9.17, 15) is 13.2 Å². The van der Waals surface area contributed by atoms with E-state index in [0.717, 1.165) is 39.0 Å². The standard InChI is InChI=1S/C18H35F3O3/c1-6-10-11-12-13-14-15-16(5,17(19,20)21)18(22-7-2,23-8-3)24-9-4/h6-15H2,1-5H3. The molecule has 0 bridgehead atoms. The zero-order valence-electron chi connectivity index (χ0n) is 15.9. The monoisotopic (exact) mass is 356 g/mol. The summed E-state index contributed by atoms with van der Waals surface area (Å²) in [5.74, 6) is -2.09. The highest BCUT2D eigenvalue weighted by Gasteiger charge is 2.66. The lowest BCUT2D eigenvalue weighted by molar-refractivity contribution is -0.466. The average Bonchev–Trinajstić information content (AvgIpc) is 2.50. The predicted molar refractivity (Wildman–Crippen MR) is 89.8 cm³/mol. The van der Waals surface area contributed by atoms with Crippen molar-refractivity contribution in [2.75, 3.05) is 19.8 Å². The summed E-state index contributed by atoms with van der Waals surface area (Å²) in [6.45, 7) is 8.46. The lowest BCUT2D eigenvalue weighted by Gasteiger charge is -2.47. The van der Waals surface area contributed by atoms with Crippen LogP contribution in [0.1, 0.15) is 79.6 Å². The van der Waals surface area contributed by atoms with Gasteiger partial charge in [0, 0.05) is 19.8 Å². The molecule has 0 rings (SSSR count). The van der Waals surface area contributed by atoms with Crippen LogP contribution >= 0.6 is 0 Å². The summed E-state index contributed by atoms with van der Waals surface area (Å²) in [7, 11) is 0. The Morgan fingerprint density at radius 1 is 0.667 bits per heavy atom. The van der Waals surface area contributed by atoms with Crippen molar-refractivity contribution in [2.24, 2.45) is 5.41 Å². The highest BCUT2D eigenvalue weighted by molar-refractivity contribution is 4.91. The van der Waals surface area contributed by atoms with E-state index in [1.807, 2.05) is 0 Å². The Hall–Kier alpha value is -0.330. The number of hydrogen-bond donors (Lipinski definition) is 0. The summed E-state index contributed by atoms with van der Waals surface area (Å²) < 4.78 is 58.2. The van der Waals surface area contributed by atoms with Gasteiger partial charge in [-0.3, -0.25) is 0 Å². The van der Waals surface area contributed by atoms with Crippen molar-refractivity contribution in [2.45, 2.75) is 91.7 Å². The topological polar surface area (TPSA) is 27.7 Å². The van der Waals surface area contributed by atoms with E-state index in [0.29, 0.717) is 6.42 Å². The van der Waals surface area contributed by atoms with Gasteiger partial charge in [-0.05, 0) is 34.1 Å². The van der Waals surface area contributed by atoms with Crippen molar-refractivity contribution in [3.8, 4) is 0 Å². The molecule has 0 saturated heterocycles. The Kier molecular flexibility index (Phi) is 11.2. The van der Waals surface area contributed by atoms with Crippen molar-refractivity contribution in [1.29, 1.82) is 0 Å². The largest absolute Gasteiger partial charge is 0.401 e. The van der Waals surface area contributed by atoms with E-state index in [1.54, 1.807) is 20.8 Å². The fourth-order valence-electron chi connectivity index (χ4n) is 2.90. The van der Waals surface area contributed by atoms with Gasteiger partial charge in [-0.2, -0.15) is 13.2 Å². The molecular formula is C18H35F3O3. The molecule has 0 fully saturated rings. The molecule has 0 aromatic heterocycles. The van der Waals surface area contributed by atoms with Crippen LogP contribution in [0.5, 0.6) is 0 Å². The fraction of sp³-hybridized carbons (Fsp3) is 1.00. The molecule has 0 radical (unpaired) electrons. The molecule has 0 aliphatic rings. The second kappa shape index (κ2) is 11.3. The van der Waals surface area contributed by atoms with Gasteiger partial charge in [-0.25, -0.2) is 0 Å². The third-order valence-corrected chi connectivity index (χ3v) is 4.33. The Morgan fingerprint density at radius 2 is 1.08 bits per heavy atom.